The molecule has 0 bridgehead atoms. The molecule has 0 atom stereocenters. The Morgan fingerprint density at radius 2 is 2.19 bits per heavy atom. The molecule has 16 heavy (non-hydrogen) atoms. The van der Waals surface area contributed by atoms with Gasteiger partial charge < -0.3 is 4.74 Å². The van der Waals surface area contributed by atoms with Crippen molar-refractivity contribution in [2.75, 3.05) is 0 Å². The van der Waals surface area contributed by atoms with Crippen LogP contribution < -0.4 is 4.74 Å². The third kappa shape index (κ3) is 2.46. The summed E-state index contributed by atoms with van der Waals surface area (Å²) in [5, 5.41) is 0. The summed E-state index contributed by atoms with van der Waals surface area (Å²) in [6, 6.07) is 4.40. The monoisotopic (exact) mass is 330 g/mol. The molecule has 0 aliphatic carbocycles. The lowest BCUT2D eigenvalue weighted by atomic mass is 10.2. The summed E-state index contributed by atoms with van der Waals surface area (Å²) in [5.74, 6) is 0.575. The van der Waals surface area contributed by atoms with Gasteiger partial charge in [0.15, 0.2) is 0 Å². The van der Waals surface area contributed by atoms with E-state index in [2.05, 4.69) is 32.6 Å². The van der Waals surface area contributed by atoms with E-state index in [-0.39, 0.29) is 5.82 Å². The van der Waals surface area contributed by atoms with Gasteiger partial charge in [0.1, 0.15) is 17.9 Å². The van der Waals surface area contributed by atoms with Gasteiger partial charge in [0.2, 0.25) is 5.88 Å². The zero-order chi connectivity index (χ0) is 11.5. The van der Waals surface area contributed by atoms with Gasteiger partial charge in [0, 0.05) is 12.3 Å². The van der Waals surface area contributed by atoms with E-state index in [9.17, 15) is 4.39 Å². The van der Waals surface area contributed by atoms with Crippen LogP contribution in [0.2, 0.25) is 0 Å². The van der Waals surface area contributed by atoms with Gasteiger partial charge in [-0.3, -0.25) is 0 Å². The second-order valence-corrected chi connectivity index (χ2v) is 4.35. The molecule has 2 aromatic rings. The number of hydrogen-bond donors (Lipinski definition) is 0. The van der Waals surface area contributed by atoms with Crippen molar-refractivity contribution in [2.24, 2.45) is 0 Å². The molecular formula is C11H8FIN2O. The Hall–Kier alpha value is -1.24. The van der Waals surface area contributed by atoms with E-state index in [0.717, 1.165) is 9.13 Å². The summed E-state index contributed by atoms with van der Waals surface area (Å²) < 4.78 is 19.3. The molecule has 5 heteroatoms. The maximum Gasteiger partial charge on any atom is 0.235 e. The van der Waals surface area contributed by atoms with Crippen molar-refractivity contribution in [1.82, 2.24) is 9.97 Å². The number of aromatic nitrogens is 2. The average molecular weight is 330 g/mol. The number of aryl methyl sites for hydroxylation is 1. The minimum atomic E-state index is -0.329. The van der Waals surface area contributed by atoms with Gasteiger partial charge in [-0.1, -0.05) is 6.07 Å². The molecule has 0 saturated carbocycles. The van der Waals surface area contributed by atoms with E-state index < -0.39 is 0 Å². The summed E-state index contributed by atoms with van der Waals surface area (Å²) >= 11 is 2.06. The number of nitrogens with zero attached hydrogens (tertiary/aromatic N) is 2. The molecule has 0 saturated heterocycles. The van der Waals surface area contributed by atoms with Crippen molar-refractivity contribution in [3.05, 3.63) is 45.7 Å². The summed E-state index contributed by atoms with van der Waals surface area (Å²) in [5.41, 5.74) is 0.857. The number of rotatable bonds is 2. The highest BCUT2D eigenvalue weighted by Gasteiger charge is 2.07. The van der Waals surface area contributed by atoms with Crippen LogP contribution in [0.1, 0.15) is 5.56 Å². The minimum absolute atomic E-state index is 0.329. The number of halogens is 2. The molecule has 82 valence electrons. The van der Waals surface area contributed by atoms with E-state index in [0.29, 0.717) is 11.6 Å². The van der Waals surface area contributed by atoms with E-state index in [1.165, 1.54) is 18.5 Å². The van der Waals surface area contributed by atoms with Crippen LogP contribution in [0, 0.1) is 16.3 Å². The van der Waals surface area contributed by atoms with Crippen molar-refractivity contribution in [3.63, 3.8) is 0 Å². The Morgan fingerprint density at radius 1 is 1.38 bits per heavy atom. The fourth-order valence-corrected chi connectivity index (χ4v) is 1.57. The lowest BCUT2D eigenvalue weighted by Gasteiger charge is -2.08. The van der Waals surface area contributed by atoms with Gasteiger partial charge in [-0.05, 0) is 41.1 Å². The van der Waals surface area contributed by atoms with Gasteiger partial charge in [-0.2, -0.15) is 0 Å². The number of hydrogen-bond acceptors (Lipinski definition) is 3. The molecule has 0 fully saturated rings. The van der Waals surface area contributed by atoms with Gasteiger partial charge in [-0.15, -0.1) is 0 Å². The molecule has 0 spiro atoms. The molecular weight excluding hydrogens is 322 g/mol. The quantitative estimate of drug-likeness (QED) is 0.793. The smallest absolute Gasteiger partial charge is 0.235 e. The summed E-state index contributed by atoms with van der Waals surface area (Å²) in [7, 11) is 0. The molecule has 0 aliphatic heterocycles. The first-order chi connectivity index (χ1) is 7.66. The van der Waals surface area contributed by atoms with Crippen LogP contribution in [-0.2, 0) is 0 Å². The lowest BCUT2D eigenvalue weighted by Crippen LogP contribution is -1.94. The lowest BCUT2D eigenvalue weighted by molar-refractivity contribution is 0.449. The molecule has 0 radical (unpaired) electrons. The van der Waals surface area contributed by atoms with Crippen molar-refractivity contribution >= 4 is 22.6 Å². The van der Waals surface area contributed by atoms with Gasteiger partial charge in [0.05, 0.1) is 3.57 Å². The molecule has 0 aliphatic rings. The highest BCUT2D eigenvalue weighted by atomic mass is 127. The predicted molar refractivity (Wildman–Crippen MR) is 66.0 cm³/mol. The average Bonchev–Trinajstić information content (AvgIpc) is 2.27. The van der Waals surface area contributed by atoms with Crippen molar-refractivity contribution in [1.29, 1.82) is 0 Å². The fraction of sp³-hybridized carbons (Fsp3) is 0.0909. The first kappa shape index (κ1) is 11.3. The van der Waals surface area contributed by atoms with Crippen LogP contribution in [0.4, 0.5) is 4.39 Å². The Labute approximate surface area is 106 Å². The van der Waals surface area contributed by atoms with E-state index in [1.54, 1.807) is 12.3 Å². The third-order valence-electron chi connectivity index (χ3n) is 1.99. The molecule has 1 aromatic carbocycles. The van der Waals surface area contributed by atoms with Crippen LogP contribution in [0.3, 0.4) is 0 Å². The normalized spacial score (nSPS) is 10.2. The molecule has 1 heterocycles. The topological polar surface area (TPSA) is 35.0 Å². The standard InChI is InChI=1S/C11H8FIN2O/c1-7-2-3-8(12)4-10(7)16-11-9(13)5-14-6-15-11/h2-6H,1H3. The number of benzene rings is 1. The Balaban J connectivity index is 2.34. The largest absolute Gasteiger partial charge is 0.437 e. The van der Waals surface area contributed by atoms with E-state index >= 15 is 0 Å². The van der Waals surface area contributed by atoms with Gasteiger partial charge in [0.25, 0.3) is 0 Å². The summed E-state index contributed by atoms with van der Waals surface area (Å²) in [4.78, 5) is 7.83. The van der Waals surface area contributed by atoms with Crippen LogP contribution >= 0.6 is 22.6 Å². The Morgan fingerprint density at radius 3 is 2.94 bits per heavy atom. The highest BCUT2D eigenvalue weighted by molar-refractivity contribution is 14.1. The predicted octanol–water partition coefficient (Wildman–Crippen LogP) is 3.32. The summed E-state index contributed by atoms with van der Waals surface area (Å²) in [6.45, 7) is 1.85. The maximum absolute atomic E-state index is 13.0. The first-order valence-corrected chi connectivity index (χ1v) is 5.64. The molecule has 0 unspecified atom stereocenters. The van der Waals surface area contributed by atoms with Crippen LogP contribution in [0.25, 0.3) is 0 Å². The van der Waals surface area contributed by atoms with E-state index in [1.807, 2.05) is 6.92 Å². The first-order valence-electron chi connectivity index (χ1n) is 4.56. The molecule has 1 aromatic heterocycles. The molecule has 0 amide bonds. The van der Waals surface area contributed by atoms with Crippen LogP contribution in [-0.4, -0.2) is 9.97 Å². The van der Waals surface area contributed by atoms with Gasteiger partial charge in [-0.25, -0.2) is 14.4 Å². The van der Waals surface area contributed by atoms with Gasteiger partial charge >= 0.3 is 0 Å². The molecule has 2 rings (SSSR count). The SMILES string of the molecule is Cc1ccc(F)cc1Oc1ncncc1I. The van der Waals surface area contributed by atoms with Crippen molar-refractivity contribution in [3.8, 4) is 11.6 Å². The van der Waals surface area contributed by atoms with E-state index in [4.69, 9.17) is 4.74 Å². The van der Waals surface area contributed by atoms with Crippen molar-refractivity contribution in [2.45, 2.75) is 6.92 Å². The maximum atomic E-state index is 13.0. The minimum Gasteiger partial charge on any atom is -0.437 e. The zero-order valence-electron chi connectivity index (χ0n) is 8.45. The summed E-state index contributed by atoms with van der Waals surface area (Å²) in [6.07, 6.45) is 3.03. The second kappa shape index (κ2) is 4.73. The second-order valence-electron chi connectivity index (χ2n) is 3.19. The highest BCUT2D eigenvalue weighted by Crippen LogP contribution is 2.26. The zero-order valence-corrected chi connectivity index (χ0v) is 10.6. The van der Waals surface area contributed by atoms with Crippen molar-refractivity contribution < 1.29 is 9.13 Å². The Kier molecular flexibility index (Phi) is 3.33. The molecule has 3 nitrogen and oxygen atoms in total. The van der Waals surface area contributed by atoms with Crippen LogP contribution in [0.5, 0.6) is 11.6 Å². The number of ether oxygens (including phenoxy) is 1. The Bertz CT molecular complexity index is 519. The fourth-order valence-electron chi connectivity index (χ4n) is 1.16. The third-order valence-corrected chi connectivity index (χ3v) is 2.73. The molecule has 0 N–H and O–H groups in total. The van der Waals surface area contributed by atoms with Crippen LogP contribution in [0.15, 0.2) is 30.7 Å².